The van der Waals surface area contributed by atoms with Crippen LogP contribution in [0, 0.1) is 0 Å². The van der Waals surface area contributed by atoms with Gasteiger partial charge in [0.05, 0.1) is 24.7 Å². The topological polar surface area (TPSA) is 32.8 Å². The van der Waals surface area contributed by atoms with E-state index in [0.717, 1.165) is 12.1 Å². The lowest BCUT2D eigenvalue weighted by Gasteiger charge is -2.24. The van der Waals surface area contributed by atoms with Gasteiger partial charge in [-0.05, 0) is 64.0 Å². The van der Waals surface area contributed by atoms with E-state index in [1.54, 1.807) is 35.2 Å². The summed E-state index contributed by atoms with van der Waals surface area (Å²) in [6.07, 6.45) is -4.45. The second-order valence-corrected chi connectivity index (χ2v) is 8.34. The van der Waals surface area contributed by atoms with E-state index in [1.165, 1.54) is 11.0 Å². The molecule has 0 N–H and O–H groups in total. The Labute approximate surface area is 180 Å². The van der Waals surface area contributed by atoms with E-state index in [9.17, 15) is 18.0 Å². The van der Waals surface area contributed by atoms with Gasteiger partial charge < -0.3 is 9.42 Å². The van der Waals surface area contributed by atoms with Crippen molar-refractivity contribution in [2.24, 2.45) is 0 Å². The fourth-order valence-corrected chi connectivity index (χ4v) is 4.06. The average Bonchev–Trinajstić information content (AvgIpc) is 2.99. The molecule has 2 aromatic rings. The smallest absolute Gasteiger partial charge is 0.350 e. The van der Waals surface area contributed by atoms with Gasteiger partial charge in [0, 0.05) is 23.8 Å². The summed E-state index contributed by atoms with van der Waals surface area (Å²) in [6.45, 7) is 1.29. The third-order valence-corrected chi connectivity index (χ3v) is 5.90. The van der Waals surface area contributed by atoms with Crippen molar-refractivity contribution in [3.05, 3.63) is 64.7 Å². The van der Waals surface area contributed by atoms with Crippen LogP contribution in [0.4, 0.5) is 23.7 Å². The SMILES string of the molecule is O=C1N(CCOPI)CC(c2cccc(C(F)(F)F)c2)N1c1ccc(Cl)cc1. The minimum absolute atomic E-state index is 0.273. The molecule has 1 aliphatic heterocycles. The van der Waals surface area contributed by atoms with Crippen molar-refractivity contribution in [2.75, 3.05) is 24.6 Å². The van der Waals surface area contributed by atoms with E-state index in [4.69, 9.17) is 16.1 Å². The first-order chi connectivity index (χ1) is 13.3. The summed E-state index contributed by atoms with van der Waals surface area (Å²) in [5.74, 6) is 0. The molecular weight excluding hydrogens is 527 g/mol. The van der Waals surface area contributed by atoms with Crippen molar-refractivity contribution in [2.45, 2.75) is 12.2 Å². The highest BCUT2D eigenvalue weighted by Gasteiger charge is 2.40. The number of rotatable bonds is 6. The van der Waals surface area contributed by atoms with Crippen molar-refractivity contribution in [3.63, 3.8) is 0 Å². The fourth-order valence-electron chi connectivity index (χ4n) is 3.10. The molecule has 1 fully saturated rings. The molecule has 0 bridgehead atoms. The van der Waals surface area contributed by atoms with Crippen molar-refractivity contribution in [3.8, 4) is 0 Å². The maximum Gasteiger partial charge on any atom is 0.416 e. The molecule has 4 nitrogen and oxygen atoms in total. The van der Waals surface area contributed by atoms with Crippen LogP contribution < -0.4 is 4.90 Å². The lowest BCUT2D eigenvalue weighted by molar-refractivity contribution is -0.137. The Hall–Kier alpha value is -1.09. The van der Waals surface area contributed by atoms with E-state index in [0.29, 0.717) is 29.4 Å². The Bertz CT molecular complexity index is 838. The highest BCUT2D eigenvalue weighted by atomic mass is 127. The standard InChI is InChI=1S/C18H16ClF3IN2O2P/c19-14-4-6-15(7-5-14)25-16(11-24(17(25)26)8-9-27-28-23)12-2-1-3-13(10-12)18(20,21)22/h1-7,10,16,28H,8-9,11H2. The monoisotopic (exact) mass is 542 g/mol. The Morgan fingerprint density at radius 3 is 2.57 bits per heavy atom. The van der Waals surface area contributed by atoms with Crippen molar-refractivity contribution in [1.82, 2.24) is 4.90 Å². The molecule has 1 aliphatic rings. The number of carbonyl (C=O) groups excluding carboxylic acids is 1. The predicted octanol–water partition coefficient (Wildman–Crippen LogP) is 6.30. The Morgan fingerprint density at radius 2 is 1.93 bits per heavy atom. The Morgan fingerprint density at radius 1 is 1.21 bits per heavy atom. The van der Waals surface area contributed by atoms with Crippen LogP contribution in [0.25, 0.3) is 0 Å². The molecule has 0 aromatic heterocycles. The molecular formula is C18H16ClF3IN2O2P. The molecule has 3 rings (SSSR count). The van der Waals surface area contributed by atoms with Gasteiger partial charge in [0.25, 0.3) is 0 Å². The normalized spacial score (nSPS) is 17.9. The summed E-state index contributed by atoms with van der Waals surface area (Å²) in [7, 11) is 0. The van der Waals surface area contributed by atoms with Crippen molar-refractivity contribution < 1.29 is 22.5 Å². The van der Waals surface area contributed by atoms with Gasteiger partial charge in [-0.3, -0.25) is 4.90 Å². The van der Waals surface area contributed by atoms with Gasteiger partial charge in [0.2, 0.25) is 0 Å². The number of urea groups is 1. The molecule has 0 aliphatic carbocycles. The molecule has 28 heavy (non-hydrogen) atoms. The zero-order chi connectivity index (χ0) is 20.3. The van der Waals surface area contributed by atoms with E-state index < -0.39 is 17.8 Å². The summed E-state index contributed by atoms with van der Waals surface area (Å²) >= 11 is 8.03. The van der Waals surface area contributed by atoms with Gasteiger partial charge in [0.1, 0.15) is 0 Å². The average molecular weight is 543 g/mol. The van der Waals surface area contributed by atoms with Gasteiger partial charge in [-0.1, -0.05) is 23.7 Å². The first-order valence-electron chi connectivity index (χ1n) is 8.29. The molecule has 2 aromatic carbocycles. The Balaban J connectivity index is 1.96. The number of halogens is 5. The third-order valence-electron chi connectivity index (χ3n) is 4.40. The number of hydrogen-bond donors (Lipinski definition) is 0. The molecule has 2 unspecified atom stereocenters. The maximum absolute atomic E-state index is 13.2. The van der Waals surface area contributed by atoms with E-state index in [-0.39, 0.29) is 19.0 Å². The summed E-state index contributed by atoms with van der Waals surface area (Å²) < 4.78 is 44.8. The maximum atomic E-state index is 13.2. The van der Waals surface area contributed by atoms with E-state index in [1.807, 2.05) is 0 Å². The fraction of sp³-hybridized carbons (Fsp3) is 0.278. The van der Waals surface area contributed by atoms with Gasteiger partial charge >= 0.3 is 12.2 Å². The van der Waals surface area contributed by atoms with Gasteiger partial charge in [-0.15, -0.1) is 0 Å². The highest BCUT2D eigenvalue weighted by molar-refractivity contribution is 14.2. The first-order valence-corrected chi connectivity index (χ1v) is 12.7. The molecule has 2 atom stereocenters. The third kappa shape index (κ3) is 4.90. The molecule has 0 saturated carbocycles. The zero-order valence-corrected chi connectivity index (χ0v) is 18.3. The van der Waals surface area contributed by atoms with E-state index >= 15 is 0 Å². The van der Waals surface area contributed by atoms with Gasteiger partial charge in [-0.25, -0.2) is 4.79 Å². The van der Waals surface area contributed by atoms with Crippen LogP contribution in [0.15, 0.2) is 48.5 Å². The quantitative estimate of drug-likeness (QED) is 0.244. The van der Waals surface area contributed by atoms with Crippen LogP contribution in [0.1, 0.15) is 17.2 Å². The predicted molar refractivity (Wildman–Crippen MR) is 113 cm³/mol. The Kier molecular flexibility index (Phi) is 7.07. The summed E-state index contributed by atoms with van der Waals surface area (Å²) in [5, 5.41) is 0.513. The molecule has 10 heteroatoms. The summed E-state index contributed by atoms with van der Waals surface area (Å²) in [6, 6.07) is 11.0. The summed E-state index contributed by atoms with van der Waals surface area (Å²) in [4.78, 5) is 16.1. The number of benzene rings is 2. The lowest BCUT2D eigenvalue weighted by atomic mass is 10.0. The summed E-state index contributed by atoms with van der Waals surface area (Å²) in [5.41, 5.74) is 0.273. The number of hydrogen-bond acceptors (Lipinski definition) is 2. The zero-order valence-electron chi connectivity index (χ0n) is 14.4. The van der Waals surface area contributed by atoms with Gasteiger partial charge in [0.15, 0.2) is 0 Å². The molecule has 150 valence electrons. The van der Waals surface area contributed by atoms with Crippen LogP contribution in [0.2, 0.25) is 5.02 Å². The molecule has 0 spiro atoms. The molecule has 2 amide bonds. The molecule has 1 heterocycles. The van der Waals surface area contributed by atoms with Crippen LogP contribution in [0.3, 0.4) is 0 Å². The lowest BCUT2D eigenvalue weighted by Crippen LogP contribution is -2.34. The number of amides is 2. The van der Waals surface area contributed by atoms with Crippen molar-refractivity contribution >= 4 is 51.8 Å². The number of nitrogens with zero attached hydrogens (tertiary/aromatic N) is 2. The van der Waals surface area contributed by atoms with Crippen LogP contribution in [-0.2, 0) is 10.7 Å². The number of carbonyl (C=O) groups is 1. The van der Waals surface area contributed by atoms with Crippen LogP contribution >= 0.6 is 40.1 Å². The van der Waals surface area contributed by atoms with Gasteiger partial charge in [-0.2, -0.15) is 13.2 Å². The number of alkyl halides is 3. The second-order valence-electron chi connectivity index (χ2n) is 6.14. The molecule has 0 radical (unpaired) electrons. The van der Waals surface area contributed by atoms with Crippen LogP contribution in [-0.4, -0.2) is 30.6 Å². The minimum atomic E-state index is -4.45. The number of anilines is 1. The van der Waals surface area contributed by atoms with E-state index in [2.05, 4.69) is 22.0 Å². The van der Waals surface area contributed by atoms with Crippen LogP contribution in [0.5, 0.6) is 0 Å². The largest absolute Gasteiger partial charge is 0.416 e. The second kappa shape index (κ2) is 9.15. The first kappa shape index (κ1) is 21.6. The minimum Gasteiger partial charge on any atom is -0.350 e. The van der Waals surface area contributed by atoms with Crippen molar-refractivity contribution in [1.29, 1.82) is 0 Å². The highest BCUT2D eigenvalue weighted by Crippen LogP contribution is 2.37. The molecule has 1 saturated heterocycles.